The summed E-state index contributed by atoms with van der Waals surface area (Å²) in [5, 5.41) is 2.81. The molecule has 6 nitrogen and oxygen atoms in total. The summed E-state index contributed by atoms with van der Waals surface area (Å²) in [6.45, 7) is 0.735. The number of thioether (sulfide) groups is 1. The Balaban J connectivity index is 1.45. The van der Waals surface area contributed by atoms with Crippen LogP contribution in [0.3, 0.4) is 0 Å². The van der Waals surface area contributed by atoms with Gasteiger partial charge in [0, 0.05) is 30.8 Å². The Kier molecular flexibility index (Phi) is 5.77. The molecule has 0 bridgehead atoms. The third kappa shape index (κ3) is 4.73. The van der Waals surface area contributed by atoms with Crippen LogP contribution in [0.2, 0.25) is 0 Å². The molecule has 1 aromatic carbocycles. The van der Waals surface area contributed by atoms with Gasteiger partial charge in [0.1, 0.15) is 11.7 Å². The minimum Gasteiger partial charge on any atom is -0.351 e. The van der Waals surface area contributed by atoms with Crippen LogP contribution in [0.5, 0.6) is 0 Å². The average Bonchev–Trinajstić information content (AvgIpc) is 2.61. The van der Waals surface area contributed by atoms with Gasteiger partial charge in [0.25, 0.3) is 15.9 Å². The first-order valence-electron chi connectivity index (χ1n) is 8.03. The molecule has 1 N–H and O–H groups in total. The summed E-state index contributed by atoms with van der Waals surface area (Å²) in [4.78, 5) is 13.9. The minimum atomic E-state index is -3.40. The second kappa shape index (κ2) is 8.05. The molecule has 0 aliphatic carbocycles. The second-order valence-electron chi connectivity index (χ2n) is 5.75. The van der Waals surface area contributed by atoms with E-state index in [2.05, 4.69) is 9.71 Å². The quantitative estimate of drug-likeness (QED) is 0.742. The largest absolute Gasteiger partial charge is 0.351 e. The van der Waals surface area contributed by atoms with Crippen molar-refractivity contribution >= 4 is 33.5 Å². The van der Waals surface area contributed by atoms with Gasteiger partial charge in [-0.25, -0.2) is 12.8 Å². The van der Waals surface area contributed by atoms with Gasteiger partial charge in [-0.15, -0.1) is 4.40 Å². The first-order chi connectivity index (χ1) is 12.4. The zero-order valence-electron chi connectivity index (χ0n) is 13.9. The zero-order chi connectivity index (χ0) is 18.6. The number of carbonyl (C=O) groups is 1. The average molecular weight is 395 g/mol. The molecule has 26 heavy (non-hydrogen) atoms. The molecule has 0 atom stereocenters. The molecule has 0 saturated heterocycles. The van der Waals surface area contributed by atoms with Crippen LogP contribution in [0.1, 0.15) is 5.56 Å². The monoisotopic (exact) mass is 395 g/mol. The van der Waals surface area contributed by atoms with Crippen molar-refractivity contribution in [3.63, 3.8) is 0 Å². The van der Waals surface area contributed by atoms with E-state index in [0.29, 0.717) is 35.0 Å². The minimum absolute atomic E-state index is 0.0670. The highest BCUT2D eigenvalue weighted by molar-refractivity contribution is 7.98. The Morgan fingerprint density at radius 2 is 2.12 bits per heavy atom. The van der Waals surface area contributed by atoms with Gasteiger partial charge in [0.2, 0.25) is 0 Å². The molecule has 0 aromatic heterocycles. The van der Waals surface area contributed by atoms with E-state index in [-0.39, 0.29) is 24.0 Å². The maximum absolute atomic E-state index is 13.5. The van der Waals surface area contributed by atoms with Gasteiger partial charge in [-0.3, -0.25) is 4.79 Å². The molecule has 2 aliphatic rings. The number of nitrogens with zero attached hydrogens (tertiary/aromatic N) is 2. The van der Waals surface area contributed by atoms with Crippen molar-refractivity contribution in [2.75, 3.05) is 24.6 Å². The number of sulfonamides is 1. The van der Waals surface area contributed by atoms with Crippen LogP contribution in [0, 0.1) is 5.82 Å². The maximum atomic E-state index is 13.5. The Hall–Kier alpha value is -2.13. The van der Waals surface area contributed by atoms with Gasteiger partial charge >= 0.3 is 0 Å². The van der Waals surface area contributed by atoms with Gasteiger partial charge in [-0.2, -0.15) is 11.8 Å². The van der Waals surface area contributed by atoms with E-state index < -0.39 is 10.0 Å². The predicted octanol–water partition coefficient (Wildman–Crippen LogP) is 1.67. The van der Waals surface area contributed by atoms with E-state index in [1.54, 1.807) is 35.4 Å². The number of carbonyl (C=O) groups excluding carboxylic acids is 1. The molecule has 138 valence electrons. The van der Waals surface area contributed by atoms with Crippen molar-refractivity contribution in [1.82, 2.24) is 10.2 Å². The van der Waals surface area contributed by atoms with Crippen LogP contribution in [0.25, 0.3) is 0 Å². The molecule has 0 radical (unpaired) electrons. The summed E-state index contributed by atoms with van der Waals surface area (Å²) in [7, 11) is -3.40. The smallest absolute Gasteiger partial charge is 0.256 e. The van der Waals surface area contributed by atoms with E-state index >= 15 is 0 Å². The molecule has 2 heterocycles. The highest BCUT2D eigenvalue weighted by Crippen LogP contribution is 2.16. The number of hydrogen-bond donors (Lipinski definition) is 1. The molecule has 0 fully saturated rings. The van der Waals surface area contributed by atoms with Gasteiger partial charge in [0.05, 0.1) is 11.3 Å². The molecule has 0 saturated carbocycles. The standard InChI is InChI=1S/C17H18FN3O3S2/c18-15-4-2-1-3-14(15)12-25-9-7-19-17(22)13-5-6-16-20-26(23,24)10-8-21(16)11-13/h1-6,11H,7-10,12H2,(H,19,22). The van der Waals surface area contributed by atoms with Crippen LogP contribution in [-0.4, -0.2) is 49.7 Å². The van der Waals surface area contributed by atoms with Crippen LogP contribution in [0.15, 0.2) is 52.6 Å². The summed E-state index contributed by atoms with van der Waals surface area (Å²) in [6.07, 6.45) is 4.69. The third-order valence-corrected chi connectivity index (χ3v) is 6.01. The van der Waals surface area contributed by atoms with E-state index in [4.69, 9.17) is 0 Å². The Morgan fingerprint density at radius 1 is 1.31 bits per heavy atom. The van der Waals surface area contributed by atoms with E-state index in [1.807, 2.05) is 0 Å². The molecule has 9 heteroatoms. The van der Waals surface area contributed by atoms with Crippen molar-refractivity contribution in [2.45, 2.75) is 5.75 Å². The van der Waals surface area contributed by atoms with Crippen molar-refractivity contribution in [2.24, 2.45) is 4.40 Å². The number of hydrogen-bond acceptors (Lipinski definition) is 5. The number of fused-ring (bicyclic) bond motifs is 1. The molecule has 2 aliphatic heterocycles. The van der Waals surface area contributed by atoms with Gasteiger partial charge in [-0.05, 0) is 23.8 Å². The molecule has 1 amide bonds. The summed E-state index contributed by atoms with van der Waals surface area (Å²) >= 11 is 1.54. The van der Waals surface area contributed by atoms with E-state index in [0.717, 1.165) is 0 Å². The summed E-state index contributed by atoms with van der Waals surface area (Å²) in [5.74, 6) is 1.01. The highest BCUT2D eigenvalue weighted by Gasteiger charge is 2.24. The first kappa shape index (κ1) is 18.7. The Labute approximate surface area is 155 Å². The van der Waals surface area contributed by atoms with Crippen molar-refractivity contribution in [1.29, 1.82) is 0 Å². The number of halogens is 1. The lowest BCUT2D eigenvalue weighted by Crippen LogP contribution is -2.38. The molecule has 0 unspecified atom stereocenters. The van der Waals surface area contributed by atoms with Crippen molar-refractivity contribution < 1.29 is 17.6 Å². The fraction of sp³-hybridized carbons (Fsp3) is 0.294. The fourth-order valence-electron chi connectivity index (χ4n) is 2.47. The summed E-state index contributed by atoms with van der Waals surface area (Å²) in [6, 6.07) is 6.63. The first-order valence-corrected chi connectivity index (χ1v) is 10.8. The lowest BCUT2D eigenvalue weighted by Gasteiger charge is -2.26. The van der Waals surface area contributed by atoms with E-state index in [1.165, 1.54) is 23.9 Å². The van der Waals surface area contributed by atoms with Crippen molar-refractivity contribution in [3.05, 3.63) is 59.6 Å². The number of rotatable bonds is 6. The molecule has 0 spiro atoms. The van der Waals surface area contributed by atoms with Crippen LogP contribution in [-0.2, 0) is 20.6 Å². The van der Waals surface area contributed by atoms with Gasteiger partial charge < -0.3 is 10.2 Å². The molecule has 1 aromatic rings. The van der Waals surface area contributed by atoms with E-state index in [9.17, 15) is 17.6 Å². The van der Waals surface area contributed by atoms with Gasteiger partial charge in [-0.1, -0.05) is 18.2 Å². The Bertz CT molecular complexity index is 894. The predicted molar refractivity (Wildman–Crippen MR) is 101 cm³/mol. The maximum Gasteiger partial charge on any atom is 0.256 e. The number of amidine groups is 1. The lowest BCUT2D eigenvalue weighted by atomic mass is 10.2. The highest BCUT2D eigenvalue weighted by atomic mass is 32.2. The molecular weight excluding hydrogens is 377 g/mol. The van der Waals surface area contributed by atoms with Crippen LogP contribution < -0.4 is 5.32 Å². The fourth-order valence-corrected chi connectivity index (χ4v) is 4.29. The molecular formula is C17H18FN3O3S2. The topological polar surface area (TPSA) is 78.8 Å². The second-order valence-corrected chi connectivity index (χ2v) is 8.61. The zero-order valence-corrected chi connectivity index (χ0v) is 15.5. The lowest BCUT2D eigenvalue weighted by molar-refractivity contribution is -0.117. The van der Waals surface area contributed by atoms with Crippen LogP contribution in [0.4, 0.5) is 4.39 Å². The summed E-state index contributed by atoms with van der Waals surface area (Å²) < 4.78 is 40.1. The van der Waals surface area contributed by atoms with Crippen LogP contribution >= 0.6 is 11.8 Å². The third-order valence-electron chi connectivity index (χ3n) is 3.83. The normalized spacial score (nSPS) is 18.0. The number of benzene rings is 1. The molecule has 3 rings (SSSR count). The number of amides is 1. The Morgan fingerprint density at radius 3 is 2.92 bits per heavy atom. The summed E-state index contributed by atoms with van der Waals surface area (Å²) in [5.41, 5.74) is 1.09. The SMILES string of the molecule is O=C(NCCSCc1ccccc1F)C1=CN2CCS(=O)(=O)N=C2C=C1. The van der Waals surface area contributed by atoms with Crippen molar-refractivity contribution in [3.8, 4) is 0 Å². The van der Waals surface area contributed by atoms with Gasteiger partial charge in [0.15, 0.2) is 0 Å². The number of nitrogens with one attached hydrogen (secondary N) is 1.